The normalized spacial score (nSPS) is 23.8. The molecule has 0 aromatic heterocycles. The molecule has 0 spiro atoms. The Kier molecular flexibility index (Phi) is 2.92. The maximum Gasteiger partial charge on any atom is 0.346 e. The van der Waals surface area contributed by atoms with E-state index in [1.54, 1.807) is 6.07 Å². The number of nitrogens with zero attached hydrogens (tertiary/aromatic N) is 1. The molecule has 1 heterocycles. The minimum atomic E-state index is -1.14. The summed E-state index contributed by atoms with van der Waals surface area (Å²) in [5.41, 5.74) is 0.211. The Balaban J connectivity index is 2.97. The first-order chi connectivity index (χ1) is 6.46. The van der Waals surface area contributed by atoms with E-state index in [1.807, 2.05) is 13.8 Å². The molecule has 0 atom stereocenters. The van der Waals surface area contributed by atoms with Crippen molar-refractivity contribution in [1.29, 1.82) is 5.26 Å². The fourth-order valence-corrected chi connectivity index (χ4v) is 1.60. The van der Waals surface area contributed by atoms with Gasteiger partial charge in [0.2, 0.25) is 0 Å². The van der Waals surface area contributed by atoms with Crippen LogP contribution in [0, 0.1) is 11.3 Å². The van der Waals surface area contributed by atoms with Gasteiger partial charge in [-0.25, -0.2) is 4.79 Å². The summed E-state index contributed by atoms with van der Waals surface area (Å²) >= 11 is 0. The number of nitriles is 1. The lowest BCUT2D eigenvalue weighted by Gasteiger charge is -2.31. The lowest BCUT2D eigenvalue weighted by Crippen LogP contribution is -2.31. The van der Waals surface area contributed by atoms with Gasteiger partial charge in [0.05, 0.1) is 12.2 Å². The van der Waals surface area contributed by atoms with Crippen molar-refractivity contribution in [3.05, 3.63) is 11.1 Å². The molecule has 4 heteroatoms. The SMILES string of the molecule is CC1(C)C/C(=C(/C#N)C(=O)O)CCO1. The summed E-state index contributed by atoms with van der Waals surface area (Å²) in [6.07, 6.45) is 1.06. The Morgan fingerprint density at radius 3 is 2.71 bits per heavy atom. The third-order valence-electron chi connectivity index (χ3n) is 2.21. The van der Waals surface area contributed by atoms with Crippen LogP contribution >= 0.6 is 0 Å². The highest BCUT2D eigenvalue weighted by atomic mass is 16.5. The van der Waals surface area contributed by atoms with Gasteiger partial charge in [0.15, 0.2) is 0 Å². The van der Waals surface area contributed by atoms with Gasteiger partial charge < -0.3 is 9.84 Å². The van der Waals surface area contributed by atoms with Gasteiger partial charge in [-0.1, -0.05) is 0 Å². The number of hydrogen-bond acceptors (Lipinski definition) is 3. The second kappa shape index (κ2) is 3.81. The zero-order valence-corrected chi connectivity index (χ0v) is 8.33. The molecule has 0 bridgehead atoms. The van der Waals surface area contributed by atoms with Gasteiger partial charge in [-0.15, -0.1) is 0 Å². The second-order valence-electron chi connectivity index (χ2n) is 3.93. The third kappa shape index (κ3) is 2.33. The molecule has 0 aromatic rings. The average Bonchev–Trinajstić information content (AvgIpc) is 2.02. The van der Waals surface area contributed by atoms with E-state index in [0.717, 1.165) is 0 Å². The topological polar surface area (TPSA) is 70.3 Å². The summed E-state index contributed by atoms with van der Waals surface area (Å²) in [7, 11) is 0. The van der Waals surface area contributed by atoms with Crippen LogP contribution in [0.4, 0.5) is 0 Å². The molecule has 1 fully saturated rings. The van der Waals surface area contributed by atoms with Crippen LogP contribution in [0.1, 0.15) is 26.7 Å². The second-order valence-corrected chi connectivity index (χ2v) is 3.93. The Labute approximate surface area is 82.8 Å². The molecule has 0 radical (unpaired) electrons. The summed E-state index contributed by atoms with van der Waals surface area (Å²) in [4.78, 5) is 10.7. The van der Waals surface area contributed by atoms with E-state index >= 15 is 0 Å². The first-order valence-corrected chi connectivity index (χ1v) is 4.45. The lowest BCUT2D eigenvalue weighted by atomic mass is 9.90. The van der Waals surface area contributed by atoms with Gasteiger partial charge >= 0.3 is 5.97 Å². The Morgan fingerprint density at radius 1 is 1.64 bits per heavy atom. The molecular formula is C10H13NO3. The molecule has 0 saturated carbocycles. The van der Waals surface area contributed by atoms with Gasteiger partial charge in [-0.3, -0.25) is 0 Å². The van der Waals surface area contributed by atoms with E-state index in [-0.39, 0.29) is 11.2 Å². The van der Waals surface area contributed by atoms with Crippen molar-refractivity contribution in [2.24, 2.45) is 0 Å². The van der Waals surface area contributed by atoms with Crippen LogP contribution in [0.25, 0.3) is 0 Å². The number of rotatable bonds is 1. The highest BCUT2D eigenvalue weighted by Gasteiger charge is 2.28. The van der Waals surface area contributed by atoms with E-state index in [9.17, 15) is 4.79 Å². The molecule has 1 N–H and O–H groups in total. The monoisotopic (exact) mass is 195 g/mol. The van der Waals surface area contributed by atoms with Crippen molar-refractivity contribution >= 4 is 5.97 Å². The van der Waals surface area contributed by atoms with E-state index in [0.29, 0.717) is 25.0 Å². The van der Waals surface area contributed by atoms with Gasteiger partial charge in [-0.2, -0.15) is 5.26 Å². The first kappa shape index (κ1) is 10.7. The molecule has 14 heavy (non-hydrogen) atoms. The first-order valence-electron chi connectivity index (χ1n) is 4.45. The molecule has 1 rings (SSSR count). The highest BCUT2D eigenvalue weighted by molar-refractivity contribution is 5.92. The van der Waals surface area contributed by atoms with Crippen LogP contribution in [0.3, 0.4) is 0 Å². The van der Waals surface area contributed by atoms with Crippen LogP contribution in [0.2, 0.25) is 0 Å². The lowest BCUT2D eigenvalue weighted by molar-refractivity contribution is -0.132. The van der Waals surface area contributed by atoms with Crippen LogP contribution in [0.5, 0.6) is 0 Å². The standard InChI is InChI=1S/C10H13NO3/c1-10(2)5-7(3-4-14-10)8(6-11)9(12)13/h3-5H2,1-2H3,(H,12,13)/b8-7-. The summed E-state index contributed by atoms with van der Waals surface area (Å²) in [6.45, 7) is 4.27. The third-order valence-corrected chi connectivity index (χ3v) is 2.21. The van der Waals surface area contributed by atoms with Crippen molar-refractivity contribution in [3.8, 4) is 6.07 Å². The molecule has 1 aliphatic heterocycles. The maximum absolute atomic E-state index is 10.7. The van der Waals surface area contributed by atoms with E-state index < -0.39 is 5.97 Å². The fourth-order valence-electron chi connectivity index (χ4n) is 1.60. The van der Waals surface area contributed by atoms with E-state index in [1.165, 1.54) is 0 Å². The van der Waals surface area contributed by atoms with Crippen molar-refractivity contribution in [2.75, 3.05) is 6.61 Å². The van der Waals surface area contributed by atoms with Crippen molar-refractivity contribution < 1.29 is 14.6 Å². The molecule has 4 nitrogen and oxygen atoms in total. The largest absolute Gasteiger partial charge is 0.477 e. The predicted molar refractivity (Wildman–Crippen MR) is 49.5 cm³/mol. The average molecular weight is 195 g/mol. The van der Waals surface area contributed by atoms with Gasteiger partial charge in [0.1, 0.15) is 11.6 Å². The molecule has 0 amide bonds. The van der Waals surface area contributed by atoms with Gasteiger partial charge in [-0.05, 0) is 32.3 Å². The molecule has 76 valence electrons. The fraction of sp³-hybridized carbons (Fsp3) is 0.600. The molecule has 1 aliphatic rings. The van der Waals surface area contributed by atoms with Crippen LogP contribution in [-0.2, 0) is 9.53 Å². The molecule has 0 unspecified atom stereocenters. The number of ether oxygens (including phenoxy) is 1. The highest BCUT2D eigenvalue weighted by Crippen LogP contribution is 2.29. The quantitative estimate of drug-likeness (QED) is 0.508. The zero-order chi connectivity index (χ0) is 10.8. The molecule has 1 saturated heterocycles. The van der Waals surface area contributed by atoms with Crippen molar-refractivity contribution in [1.82, 2.24) is 0 Å². The van der Waals surface area contributed by atoms with Crippen LogP contribution in [0.15, 0.2) is 11.1 Å². The zero-order valence-electron chi connectivity index (χ0n) is 8.33. The van der Waals surface area contributed by atoms with Crippen molar-refractivity contribution in [2.45, 2.75) is 32.3 Å². The molecule has 0 aliphatic carbocycles. The predicted octanol–water partition coefficient (Wildman–Crippen LogP) is 1.48. The summed E-state index contributed by atoms with van der Waals surface area (Å²) in [5.74, 6) is -1.14. The summed E-state index contributed by atoms with van der Waals surface area (Å²) < 4.78 is 5.43. The number of carboxylic acid groups (broad SMARTS) is 1. The Morgan fingerprint density at radius 2 is 2.29 bits per heavy atom. The minimum Gasteiger partial charge on any atom is -0.477 e. The van der Waals surface area contributed by atoms with Crippen LogP contribution in [-0.4, -0.2) is 23.3 Å². The van der Waals surface area contributed by atoms with Gasteiger partial charge in [0, 0.05) is 0 Å². The van der Waals surface area contributed by atoms with E-state index in [2.05, 4.69) is 0 Å². The molecular weight excluding hydrogens is 182 g/mol. The van der Waals surface area contributed by atoms with Crippen molar-refractivity contribution in [3.63, 3.8) is 0 Å². The summed E-state index contributed by atoms with van der Waals surface area (Å²) in [5, 5.41) is 17.5. The maximum atomic E-state index is 10.7. The van der Waals surface area contributed by atoms with Gasteiger partial charge in [0.25, 0.3) is 0 Å². The molecule has 0 aromatic carbocycles. The van der Waals surface area contributed by atoms with E-state index in [4.69, 9.17) is 15.1 Å². The Bertz CT molecular complexity index is 323. The minimum absolute atomic E-state index is 0.124. The number of carboxylic acids is 1. The smallest absolute Gasteiger partial charge is 0.346 e. The number of carbonyl (C=O) groups is 1. The summed E-state index contributed by atoms with van der Waals surface area (Å²) in [6, 6.07) is 1.73. The Hall–Kier alpha value is -1.34. The number of hydrogen-bond donors (Lipinski definition) is 1. The van der Waals surface area contributed by atoms with Crippen LogP contribution < -0.4 is 0 Å². The number of aliphatic carboxylic acids is 1.